The highest BCUT2D eigenvalue weighted by atomic mass is 16.5. The van der Waals surface area contributed by atoms with Crippen LogP contribution < -0.4 is 10.1 Å². The lowest BCUT2D eigenvalue weighted by Gasteiger charge is -2.09. The second kappa shape index (κ2) is 4.35. The molecule has 0 aromatic heterocycles. The van der Waals surface area contributed by atoms with Crippen LogP contribution in [0.3, 0.4) is 0 Å². The van der Waals surface area contributed by atoms with Gasteiger partial charge in [-0.05, 0) is 31.0 Å². The van der Waals surface area contributed by atoms with Crippen molar-refractivity contribution < 1.29 is 14.3 Å². The summed E-state index contributed by atoms with van der Waals surface area (Å²) in [6, 6.07) is 5.06. The van der Waals surface area contributed by atoms with E-state index < -0.39 is 0 Å². The number of nitrogens with one attached hydrogen (secondary N) is 1. The molecule has 1 aromatic rings. The van der Waals surface area contributed by atoms with Crippen LogP contribution in [-0.2, 0) is 4.79 Å². The third-order valence-corrected chi connectivity index (χ3v) is 2.28. The predicted octanol–water partition coefficient (Wildman–Crippen LogP) is 2.00. The Kier molecular flexibility index (Phi) is 2.90. The van der Waals surface area contributed by atoms with Gasteiger partial charge in [-0.15, -0.1) is 0 Å². The van der Waals surface area contributed by atoms with E-state index in [1.165, 1.54) is 6.92 Å². The average Bonchev–Trinajstić information content (AvgIpc) is 3.03. The largest absolute Gasteiger partial charge is 0.490 e. The first-order valence-electron chi connectivity index (χ1n) is 5.22. The molecule has 0 aliphatic heterocycles. The molecule has 16 heavy (non-hydrogen) atoms. The smallest absolute Gasteiger partial charge is 0.221 e. The molecular formula is C12H13NO3. The molecule has 1 aromatic carbocycles. The monoisotopic (exact) mass is 219 g/mol. The van der Waals surface area contributed by atoms with Crippen LogP contribution in [0.4, 0.5) is 5.69 Å². The van der Waals surface area contributed by atoms with Gasteiger partial charge in [0.2, 0.25) is 5.91 Å². The van der Waals surface area contributed by atoms with Gasteiger partial charge in [-0.2, -0.15) is 0 Å². The summed E-state index contributed by atoms with van der Waals surface area (Å²) in [5.74, 6) is 0.430. The number of anilines is 1. The number of aldehydes is 1. The summed E-state index contributed by atoms with van der Waals surface area (Å²) < 4.78 is 5.56. The van der Waals surface area contributed by atoms with Crippen molar-refractivity contribution in [3.8, 4) is 5.75 Å². The Bertz CT molecular complexity index is 424. The van der Waals surface area contributed by atoms with E-state index in [9.17, 15) is 9.59 Å². The van der Waals surface area contributed by atoms with Gasteiger partial charge in [0.25, 0.3) is 0 Å². The Balaban J connectivity index is 2.19. The molecule has 2 rings (SSSR count). The molecular weight excluding hydrogens is 206 g/mol. The molecule has 4 nitrogen and oxygen atoms in total. The molecule has 1 amide bonds. The maximum Gasteiger partial charge on any atom is 0.221 e. The molecule has 4 heteroatoms. The Morgan fingerprint density at radius 1 is 1.50 bits per heavy atom. The number of hydrogen-bond donors (Lipinski definition) is 1. The summed E-state index contributed by atoms with van der Waals surface area (Å²) >= 11 is 0. The minimum absolute atomic E-state index is 0.160. The summed E-state index contributed by atoms with van der Waals surface area (Å²) in [6.45, 7) is 1.43. The van der Waals surface area contributed by atoms with E-state index in [4.69, 9.17) is 4.74 Å². The van der Waals surface area contributed by atoms with Crippen LogP contribution in [-0.4, -0.2) is 18.3 Å². The number of benzene rings is 1. The fourth-order valence-electron chi connectivity index (χ4n) is 1.39. The fourth-order valence-corrected chi connectivity index (χ4v) is 1.39. The molecule has 1 aliphatic rings. The third-order valence-electron chi connectivity index (χ3n) is 2.28. The van der Waals surface area contributed by atoms with Crippen LogP contribution in [0.1, 0.15) is 30.1 Å². The van der Waals surface area contributed by atoms with E-state index in [0.29, 0.717) is 17.0 Å². The van der Waals surface area contributed by atoms with Crippen LogP contribution in [0.5, 0.6) is 5.75 Å². The number of carbonyl (C=O) groups excluding carboxylic acids is 2. The molecule has 0 unspecified atom stereocenters. The summed E-state index contributed by atoms with van der Waals surface area (Å²) in [6.07, 6.45) is 3.09. The average molecular weight is 219 g/mol. The van der Waals surface area contributed by atoms with Crippen molar-refractivity contribution in [3.63, 3.8) is 0 Å². The van der Waals surface area contributed by atoms with Crippen molar-refractivity contribution in [1.82, 2.24) is 0 Å². The Labute approximate surface area is 93.6 Å². The summed E-state index contributed by atoms with van der Waals surface area (Å²) in [5, 5.41) is 2.62. The molecule has 1 N–H and O–H groups in total. The highest BCUT2D eigenvalue weighted by Gasteiger charge is 2.24. The standard InChI is InChI=1S/C12H13NO3/c1-8(15)13-10-2-5-12(9(6-10)7-14)16-11-3-4-11/h2,5-7,11H,3-4H2,1H3,(H,13,15). The number of amides is 1. The molecule has 84 valence electrons. The Morgan fingerprint density at radius 3 is 2.81 bits per heavy atom. The summed E-state index contributed by atoms with van der Waals surface area (Å²) in [4.78, 5) is 21.7. The highest BCUT2D eigenvalue weighted by molar-refractivity contribution is 5.90. The van der Waals surface area contributed by atoms with Gasteiger partial charge in [-0.1, -0.05) is 0 Å². The second-order valence-corrected chi connectivity index (χ2v) is 3.87. The first-order chi connectivity index (χ1) is 7.69. The highest BCUT2D eigenvalue weighted by Crippen LogP contribution is 2.29. The maximum absolute atomic E-state index is 10.9. The van der Waals surface area contributed by atoms with E-state index in [0.717, 1.165) is 19.1 Å². The first-order valence-corrected chi connectivity index (χ1v) is 5.22. The molecule has 1 fully saturated rings. The normalized spacial score (nSPS) is 14.3. The quantitative estimate of drug-likeness (QED) is 0.788. The van der Waals surface area contributed by atoms with E-state index in [1.54, 1.807) is 18.2 Å². The van der Waals surface area contributed by atoms with Gasteiger partial charge in [0.15, 0.2) is 6.29 Å². The lowest BCUT2D eigenvalue weighted by molar-refractivity contribution is -0.114. The van der Waals surface area contributed by atoms with E-state index >= 15 is 0 Å². The number of carbonyl (C=O) groups is 2. The molecule has 0 atom stereocenters. The Hall–Kier alpha value is -1.84. The second-order valence-electron chi connectivity index (χ2n) is 3.87. The SMILES string of the molecule is CC(=O)Nc1ccc(OC2CC2)c(C=O)c1. The minimum Gasteiger partial charge on any atom is -0.490 e. The Morgan fingerprint density at radius 2 is 2.25 bits per heavy atom. The molecule has 0 radical (unpaired) electrons. The molecule has 1 aliphatic carbocycles. The predicted molar refractivity (Wildman–Crippen MR) is 59.8 cm³/mol. The summed E-state index contributed by atoms with van der Waals surface area (Å²) in [7, 11) is 0. The van der Waals surface area contributed by atoms with Crippen molar-refractivity contribution in [2.24, 2.45) is 0 Å². The van der Waals surface area contributed by atoms with Crippen LogP contribution in [0.15, 0.2) is 18.2 Å². The maximum atomic E-state index is 10.9. The topological polar surface area (TPSA) is 55.4 Å². The fraction of sp³-hybridized carbons (Fsp3) is 0.333. The minimum atomic E-state index is -0.160. The number of rotatable bonds is 4. The van der Waals surface area contributed by atoms with Gasteiger partial charge in [-0.3, -0.25) is 9.59 Å². The van der Waals surface area contributed by atoms with Crippen molar-refractivity contribution >= 4 is 17.9 Å². The van der Waals surface area contributed by atoms with Gasteiger partial charge < -0.3 is 10.1 Å². The van der Waals surface area contributed by atoms with E-state index in [2.05, 4.69) is 5.32 Å². The van der Waals surface area contributed by atoms with Crippen LogP contribution in [0.25, 0.3) is 0 Å². The third kappa shape index (κ3) is 2.59. The van der Waals surface area contributed by atoms with Gasteiger partial charge in [0, 0.05) is 12.6 Å². The number of hydrogen-bond acceptors (Lipinski definition) is 3. The van der Waals surface area contributed by atoms with Crippen molar-refractivity contribution in [1.29, 1.82) is 0 Å². The molecule has 0 saturated heterocycles. The lowest BCUT2D eigenvalue weighted by Crippen LogP contribution is -2.07. The van der Waals surface area contributed by atoms with Crippen molar-refractivity contribution in [2.75, 3.05) is 5.32 Å². The van der Waals surface area contributed by atoms with Gasteiger partial charge in [-0.25, -0.2) is 0 Å². The molecule has 0 spiro atoms. The van der Waals surface area contributed by atoms with Gasteiger partial charge in [0.1, 0.15) is 5.75 Å². The van der Waals surface area contributed by atoms with Crippen LogP contribution >= 0.6 is 0 Å². The van der Waals surface area contributed by atoms with E-state index in [1.807, 2.05) is 0 Å². The zero-order chi connectivity index (χ0) is 11.5. The number of ether oxygens (including phenoxy) is 1. The summed E-state index contributed by atoms with van der Waals surface area (Å²) in [5.41, 5.74) is 1.08. The molecule has 1 saturated carbocycles. The van der Waals surface area contributed by atoms with Crippen LogP contribution in [0.2, 0.25) is 0 Å². The van der Waals surface area contributed by atoms with Crippen LogP contribution in [0, 0.1) is 0 Å². The van der Waals surface area contributed by atoms with Crippen molar-refractivity contribution in [3.05, 3.63) is 23.8 Å². The van der Waals surface area contributed by atoms with E-state index in [-0.39, 0.29) is 12.0 Å². The molecule has 0 bridgehead atoms. The van der Waals surface area contributed by atoms with Crippen molar-refractivity contribution in [2.45, 2.75) is 25.9 Å². The lowest BCUT2D eigenvalue weighted by atomic mass is 10.2. The first kappa shape index (κ1) is 10.7. The van der Waals surface area contributed by atoms with Gasteiger partial charge in [0.05, 0.1) is 11.7 Å². The van der Waals surface area contributed by atoms with Gasteiger partial charge >= 0.3 is 0 Å². The zero-order valence-corrected chi connectivity index (χ0v) is 9.03. The zero-order valence-electron chi connectivity index (χ0n) is 9.03. The molecule has 0 heterocycles.